The van der Waals surface area contributed by atoms with Crippen LogP contribution >= 0.6 is 0 Å². The van der Waals surface area contributed by atoms with Crippen LogP contribution < -0.4 is 11.1 Å². The number of carboxylic acid groups (broad SMARTS) is 1. The molecule has 0 heterocycles. The first-order chi connectivity index (χ1) is 6.17. The van der Waals surface area contributed by atoms with E-state index >= 15 is 0 Å². The summed E-state index contributed by atoms with van der Waals surface area (Å²) < 4.78 is 0. The predicted molar refractivity (Wildman–Crippen MR) is 50.3 cm³/mol. The molecule has 2 atom stereocenters. The Kier molecular flexibility index (Phi) is 3.06. The van der Waals surface area contributed by atoms with Crippen molar-refractivity contribution in [2.75, 3.05) is 19.6 Å². The number of rotatable bonds is 6. The number of carbonyl (C=O) groups is 1. The van der Waals surface area contributed by atoms with Gasteiger partial charge in [0.15, 0.2) is 0 Å². The van der Waals surface area contributed by atoms with E-state index in [1.165, 1.54) is 0 Å². The van der Waals surface area contributed by atoms with Crippen LogP contribution in [0, 0.1) is 11.3 Å². The van der Waals surface area contributed by atoms with Crippen molar-refractivity contribution in [2.24, 2.45) is 17.1 Å². The minimum Gasteiger partial charge on any atom is -0.481 e. The molecule has 0 aromatic carbocycles. The van der Waals surface area contributed by atoms with E-state index in [9.17, 15) is 4.79 Å². The Labute approximate surface area is 77.8 Å². The molecule has 1 saturated carbocycles. The highest BCUT2D eigenvalue weighted by Gasteiger charge is 2.58. The molecule has 1 aliphatic carbocycles. The zero-order chi connectivity index (χ0) is 9.90. The van der Waals surface area contributed by atoms with Gasteiger partial charge in [0, 0.05) is 13.1 Å². The molecule has 0 amide bonds. The topological polar surface area (TPSA) is 75.3 Å². The van der Waals surface area contributed by atoms with Crippen molar-refractivity contribution < 1.29 is 9.90 Å². The summed E-state index contributed by atoms with van der Waals surface area (Å²) in [5, 5.41) is 12.0. The van der Waals surface area contributed by atoms with Crippen molar-refractivity contribution >= 4 is 5.97 Å². The molecule has 4 N–H and O–H groups in total. The zero-order valence-corrected chi connectivity index (χ0v) is 7.62. The molecule has 4 heteroatoms. The summed E-state index contributed by atoms with van der Waals surface area (Å²) in [6, 6.07) is 0. The Balaban J connectivity index is 2.33. The van der Waals surface area contributed by atoms with E-state index in [1.807, 2.05) is 0 Å². The molecule has 0 radical (unpaired) electrons. The van der Waals surface area contributed by atoms with Crippen molar-refractivity contribution in [1.29, 1.82) is 0 Å². The van der Waals surface area contributed by atoms with Crippen LogP contribution in [0.1, 0.15) is 6.42 Å². The summed E-state index contributed by atoms with van der Waals surface area (Å²) in [6.07, 6.45) is 2.45. The number of aliphatic carboxylic acids is 1. The van der Waals surface area contributed by atoms with E-state index in [-0.39, 0.29) is 12.5 Å². The summed E-state index contributed by atoms with van der Waals surface area (Å²) in [4.78, 5) is 10.8. The van der Waals surface area contributed by atoms with Crippen molar-refractivity contribution in [3.63, 3.8) is 0 Å². The highest BCUT2D eigenvalue weighted by atomic mass is 16.4. The van der Waals surface area contributed by atoms with Crippen LogP contribution in [0.4, 0.5) is 0 Å². The Bertz CT molecular complexity index is 218. The van der Waals surface area contributed by atoms with Crippen LogP contribution in [0.15, 0.2) is 12.7 Å². The van der Waals surface area contributed by atoms with Crippen LogP contribution in [0.2, 0.25) is 0 Å². The van der Waals surface area contributed by atoms with Gasteiger partial charge in [-0.25, -0.2) is 0 Å². The Hall–Kier alpha value is -0.870. The molecule has 0 spiro atoms. The minimum atomic E-state index is -0.764. The van der Waals surface area contributed by atoms with Gasteiger partial charge in [-0.15, -0.1) is 6.58 Å². The lowest BCUT2D eigenvalue weighted by Crippen LogP contribution is -2.30. The van der Waals surface area contributed by atoms with Gasteiger partial charge in [0.05, 0.1) is 5.41 Å². The highest BCUT2D eigenvalue weighted by Crippen LogP contribution is 2.51. The fourth-order valence-electron chi connectivity index (χ4n) is 1.61. The van der Waals surface area contributed by atoms with Crippen molar-refractivity contribution in [3.05, 3.63) is 12.7 Å². The number of nitrogens with two attached hydrogens (primary N) is 1. The molecule has 1 fully saturated rings. The second kappa shape index (κ2) is 3.89. The third-order valence-electron chi connectivity index (χ3n) is 2.70. The standard InChI is InChI=1S/C9H16N2O2/c1-2-3-11-5-7-4-9(7,6-10)8(12)13/h2,7,11H,1,3-6,10H2,(H,12,13). The lowest BCUT2D eigenvalue weighted by atomic mass is 10.0. The molecule has 1 aliphatic rings. The summed E-state index contributed by atoms with van der Waals surface area (Å²) in [5.74, 6) is -0.574. The number of nitrogens with one attached hydrogen (secondary N) is 1. The van der Waals surface area contributed by atoms with Crippen molar-refractivity contribution in [2.45, 2.75) is 6.42 Å². The van der Waals surface area contributed by atoms with E-state index in [2.05, 4.69) is 11.9 Å². The number of carboxylic acids is 1. The molecule has 0 aliphatic heterocycles. The molecular formula is C9H16N2O2. The average Bonchev–Trinajstić information content (AvgIpc) is 2.81. The van der Waals surface area contributed by atoms with Crippen LogP contribution in [0.25, 0.3) is 0 Å². The fraction of sp³-hybridized carbons (Fsp3) is 0.667. The number of hydrogen-bond donors (Lipinski definition) is 3. The van der Waals surface area contributed by atoms with Gasteiger partial charge >= 0.3 is 5.97 Å². The Morgan fingerprint density at radius 3 is 2.92 bits per heavy atom. The monoisotopic (exact) mass is 184 g/mol. The van der Waals surface area contributed by atoms with Crippen LogP contribution in [0.3, 0.4) is 0 Å². The van der Waals surface area contributed by atoms with E-state index < -0.39 is 11.4 Å². The lowest BCUT2D eigenvalue weighted by molar-refractivity contribution is -0.143. The molecule has 4 nitrogen and oxygen atoms in total. The fourth-order valence-corrected chi connectivity index (χ4v) is 1.61. The molecular weight excluding hydrogens is 168 g/mol. The smallest absolute Gasteiger partial charge is 0.311 e. The predicted octanol–water partition coefficient (Wildman–Crippen LogP) is -0.188. The lowest BCUT2D eigenvalue weighted by Gasteiger charge is -2.08. The second-order valence-corrected chi connectivity index (χ2v) is 3.51. The van der Waals surface area contributed by atoms with Gasteiger partial charge in [-0.3, -0.25) is 4.79 Å². The summed E-state index contributed by atoms with van der Waals surface area (Å²) >= 11 is 0. The Morgan fingerprint density at radius 1 is 1.85 bits per heavy atom. The summed E-state index contributed by atoms with van der Waals surface area (Å²) in [5.41, 5.74) is 4.79. The van der Waals surface area contributed by atoms with Gasteiger partial charge in [-0.2, -0.15) is 0 Å². The summed E-state index contributed by atoms with van der Waals surface area (Å²) in [7, 11) is 0. The molecule has 0 saturated heterocycles. The minimum absolute atomic E-state index is 0.190. The quantitative estimate of drug-likeness (QED) is 0.395. The molecule has 0 bridgehead atoms. The zero-order valence-electron chi connectivity index (χ0n) is 7.62. The van der Waals surface area contributed by atoms with E-state index in [1.54, 1.807) is 6.08 Å². The molecule has 1 rings (SSSR count). The van der Waals surface area contributed by atoms with Crippen LogP contribution in [-0.2, 0) is 4.79 Å². The summed E-state index contributed by atoms with van der Waals surface area (Å²) in [6.45, 7) is 5.24. The van der Waals surface area contributed by atoms with Gasteiger partial charge in [0.25, 0.3) is 0 Å². The maximum atomic E-state index is 10.8. The second-order valence-electron chi connectivity index (χ2n) is 3.51. The van der Waals surface area contributed by atoms with Gasteiger partial charge in [-0.1, -0.05) is 6.08 Å². The molecule has 0 aromatic rings. The molecule has 2 unspecified atom stereocenters. The first-order valence-electron chi connectivity index (χ1n) is 4.42. The largest absolute Gasteiger partial charge is 0.481 e. The normalized spacial score (nSPS) is 31.3. The maximum Gasteiger partial charge on any atom is 0.311 e. The van der Waals surface area contributed by atoms with Crippen LogP contribution in [0.5, 0.6) is 0 Å². The molecule has 0 aromatic heterocycles. The van der Waals surface area contributed by atoms with Gasteiger partial charge in [0.1, 0.15) is 0 Å². The third kappa shape index (κ3) is 1.89. The Morgan fingerprint density at radius 2 is 2.54 bits per heavy atom. The molecule has 74 valence electrons. The average molecular weight is 184 g/mol. The van der Waals surface area contributed by atoms with Crippen LogP contribution in [-0.4, -0.2) is 30.7 Å². The van der Waals surface area contributed by atoms with E-state index in [0.29, 0.717) is 6.42 Å². The van der Waals surface area contributed by atoms with Gasteiger partial charge in [0.2, 0.25) is 0 Å². The van der Waals surface area contributed by atoms with Crippen molar-refractivity contribution in [1.82, 2.24) is 5.32 Å². The maximum absolute atomic E-state index is 10.8. The van der Waals surface area contributed by atoms with Crippen molar-refractivity contribution in [3.8, 4) is 0 Å². The third-order valence-corrected chi connectivity index (χ3v) is 2.70. The van der Waals surface area contributed by atoms with Gasteiger partial charge < -0.3 is 16.2 Å². The number of hydrogen-bond acceptors (Lipinski definition) is 3. The SMILES string of the molecule is C=CCNCC1CC1(CN)C(=O)O. The first kappa shape index (κ1) is 10.2. The van der Waals surface area contributed by atoms with E-state index in [4.69, 9.17) is 10.8 Å². The van der Waals surface area contributed by atoms with E-state index in [0.717, 1.165) is 13.1 Å². The molecule has 13 heavy (non-hydrogen) atoms. The van der Waals surface area contributed by atoms with Gasteiger partial charge in [-0.05, 0) is 18.9 Å². The highest BCUT2D eigenvalue weighted by molar-refractivity contribution is 5.79. The first-order valence-corrected chi connectivity index (χ1v) is 4.42.